The lowest BCUT2D eigenvalue weighted by molar-refractivity contribution is 0.0945. The highest BCUT2D eigenvalue weighted by Gasteiger charge is 2.15. The van der Waals surface area contributed by atoms with Crippen LogP contribution >= 0.6 is 23.2 Å². The van der Waals surface area contributed by atoms with Gasteiger partial charge in [0.1, 0.15) is 29.6 Å². The quantitative estimate of drug-likeness (QED) is 0.516. The second-order valence-corrected chi connectivity index (χ2v) is 7.00. The average Bonchev–Trinajstić information content (AvgIpc) is 3.31. The molecular formula is C20H20Cl2N4O3. The number of aliphatic imine (C=N–C) groups is 1. The summed E-state index contributed by atoms with van der Waals surface area (Å²) in [5, 5.41) is 7.83. The maximum absolute atomic E-state index is 12.3. The van der Waals surface area contributed by atoms with Crippen LogP contribution in [0, 0.1) is 0 Å². The predicted molar refractivity (Wildman–Crippen MR) is 113 cm³/mol. The van der Waals surface area contributed by atoms with Crippen molar-refractivity contribution < 1.29 is 13.9 Å². The van der Waals surface area contributed by atoms with Crippen molar-refractivity contribution in [2.75, 3.05) is 6.54 Å². The fourth-order valence-corrected chi connectivity index (χ4v) is 2.79. The Labute approximate surface area is 178 Å². The van der Waals surface area contributed by atoms with Crippen molar-refractivity contribution in [1.82, 2.24) is 15.1 Å². The smallest absolute Gasteiger partial charge is 0.271 e. The Morgan fingerprint density at radius 2 is 2.14 bits per heavy atom. The van der Waals surface area contributed by atoms with Crippen LogP contribution in [0.4, 0.5) is 5.69 Å². The second-order valence-electron chi connectivity index (χ2n) is 6.18. The molecule has 3 aromatic rings. The second kappa shape index (κ2) is 9.62. The lowest BCUT2D eigenvalue weighted by Gasteiger charge is -2.05. The number of ether oxygens (including phenoxy) is 1. The van der Waals surface area contributed by atoms with Crippen LogP contribution in [-0.4, -0.2) is 28.4 Å². The third kappa shape index (κ3) is 5.40. The Kier molecular flexibility index (Phi) is 6.95. The number of nitrogens with one attached hydrogen (secondary N) is 1. The van der Waals surface area contributed by atoms with Crippen LogP contribution in [-0.2, 0) is 13.7 Å². The molecule has 152 valence electrons. The monoisotopic (exact) mass is 434 g/mol. The molecule has 7 nitrogen and oxygen atoms in total. The molecule has 0 aliphatic rings. The topological polar surface area (TPSA) is 81.7 Å². The van der Waals surface area contributed by atoms with E-state index < -0.39 is 0 Å². The van der Waals surface area contributed by atoms with Crippen molar-refractivity contribution in [3.8, 4) is 5.75 Å². The number of rotatable bonds is 8. The summed E-state index contributed by atoms with van der Waals surface area (Å²) < 4.78 is 12.8. The Morgan fingerprint density at radius 1 is 1.31 bits per heavy atom. The fourth-order valence-electron chi connectivity index (χ4n) is 2.50. The number of amides is 1. The van der Waals surface area contributed by atoms with Crippen LogP contribution in [0.15, 0.2) is 45.9 Å². The molecule has 0 aliphatic carbocycles. The van der Waals surface area contributed by atoms with Gasteiger partial charge in [-0.15, -0.1) is 0 Å². The number of hydrogen-bond acceptors (Lipinski definition) is 5. The minimum absolute atomic E-state index is 0.214. The van der Waals surface area contributed by atoms with Crippen molar-refractivity contribution >= 4 is 41.0 Å². The Hall–Kier alpha value is -2.77. The minimum atomic E-state index is -0.214. The van der Waals surface area contributed by atoms with E-state index in [1.54, 1.807) is 37.4 Å². The summed E-state index contributed by atoms with van der Waals surface area (Å²) in [7, 11) is 1.70. The van der Waals surface area contributed by atoms with Crippen LogP contribution in [0.2, 0.25) is 10.0 Å². The van der Waals surface area contributed by atoms with Crippen molar-refractivity contribution in [2.24, 2.45) is 12.0 Å². The van der Waals surface area contributed by atoms with Gasteiger partial charge in [0.05, 0.1) is 22.5 Å². The number of nitrogens with zero attached hydrogens (tertiary/aromatic N) is 3. The SMILES string of the molecule is CCCNC(=O)c1c(N=Cc2ccc(COc3ccc(Cl)c(Cl)c3)o2)cnn1C. The normalized spacial score (nSPS) is 11.2. The van der Waals surface area contributed by atoms with E-state index in [1.165, 1.54) is 17.1 Å². The van der Waals surface area contributed by atoms with Crippen molar-refractivity contribution in [2.45, 2.75) is 20.0 Å². The summed E-state index contributed by atoms with van der Waals surface area (Å²) in [6.45, 7) is 2.80. The maximum atomic E-state index is 12.3. The molecule has 2 heterocycles. The molecule has 29 heavy (non-hydrogen) atoms. The molecule has 0 unspecified atom stereocenters. The summed E-state index contributed by atoms with van der Waals surface area (Å²) in [6.07, 6.45) is 3.92. The highest BCUT2D eigenvalue weighted by atomic mass is 35.5. The molecule has 0 aliphatic heterocycles. The first-order valence-corrected chi connectivity index (χ1v) is 9.74. The van der Waals surface area contributed by atoms with Gasteiger partial charge in [0, 0.05) is 19.7 Å². The predicted octanol–water partition coefficient (Wildman–Crippen LogP) is 4.79. The number of hydrogen-bond donors (Lipinski definition) is 1. The van der Waals surface area contributed by atoms with Crippen LogP contribution in [0.25, 0.3) is 0 Å². The number of aryl methyl sites for hydroxylation is 1. The molecule has 9 heteroatoms. The summed E-state index contributed by atoms with van der Waals surface area (Å²) in [5.41, 5.74) is 0.857. The summed E-state index contributed by atoms with van der Waals surface area (Å²) >= 11 is 11.9. The Balaban J connectivity index is 1.65. The highest BCUT2D eigenvalue weighted by Crippen LogP contribution is 2.27. The van der Waals surface area contributed by atoms with Gasteiger partial charge < -0.3 is 14.5 Å². The number of aromatic nitrogens is 2. The molecule has 0 bridgehead atoms. The molecule has 0 radical (unpaired) electrons. The van der Waals surface area contributed by atoms with Gasteiger partial charge in [0.25, 0.3) is 5.91 Å². The molecule has 0 saturated heterocycles. The Bertz CT molecular complexity index is 1030. The lowest BCUT2D eigenvalue weighted by atomic mass is 10.3. The molecule has 2 aromatic heterocycles. The number of carbonyl (C=O) groups is 1. The zero-order valence-corrected chi connectivity index (χ0v) is 17.5. The largest absolute Gasteiger partial charge is 0.486 e. The third-order valence-electron chi connectivity index (χ3n) is 3.96. The zero-order chi connectivity index (χ0) is 20.8. The first-order valence-electron chi connectivity index (χ1n) is 8.98. The van der Waals surface area contributed by atoms with Gasteiger partial charge in [-0.05, 0) is 30.7 Å². The van der Waals surface area contributed by atoms with Gasteiger partial charge in [0.15, 0.2) is 5.69 Å². The number of furan rings is 1. The Morgan fingerprint density at radius 3 is 2.90 bits per heavy atom. The number of benzene rings is 1. The maximum Gasteiger partial charge on any atom is 0.271 e. The van der Waals surface area contributed by atoms with Crippen molar-refractivity contribution in [1.29, 1.82) is 0 Å². The van der Waals surface area contributed by atoms with E-state index in [9.17, 15) is 4.79 Å². The number of halogens is 2. The zero-order valence-electron chi connectivity index (χ0n) is 16.0. The van der Waals surface area contributed by atoms with E-state index in [4.69, 9.17) is 32.4 Å². The molecule has 1 aromatic carbocycles. The summed E-state index contributed by atoms with van der Waals surface area (Å²) in [6, 6.07) is 8.60. The molecule has 0 fully saturated rings. The van der Waals surface area contributed by atoms with Crippen LogP contribution < -0.4 is 10.1 Å². The van der Waals surface area contributed by atoms with E-state index in [0.717, 1.165) is 6.42 Å². The molecule has 3 rings (SSSR count). The first kappa shape index (κ1) is 21.0. The summed E-state index contributed by atoms with van der Waals surface area (Å²) in [4.78, 5) is 16.6. The van der Waals surface area contributed by atoms with E-state index in [1.807, 2.05) is 6.92 Å². The van der Waals surface area contributed by atoms with Crippen LogP contribution in [0.3, 0.4) is 0 Å². The van der Waals surface area contributed by atoms with Crippen molar-refractivity contribution in [3.63, 3.8) is 0 Å². The molecule has 1 amide bonds. The van der Waals surface area contributed by atoms with Gasteiger partial charge in [0.2, 0.25) is 0 Å². The van der Waals surface area contributed by atoms with Crippen molar-refractivity contribution in [3.05, 3.63) is 63.8 Å². The molecule has 1 N–H and O–H groups in total. The van der Waals surface area contributed by atoms with Crippen LogP contribution in [0.1, 0.15) is 35.4 Å². The molecular weight excluding hydrogens is 415 g/mol. The molecule has 0 spiro atoms. The first-order chi connectivity index (χ1) is 14.0. The number of carbonyl (C=O) groups excluding carboxylic acids is 1. The fraction of sp³-hybridized carbons (Fsp3) is 0.250. The summed E-state index contributed by atoms with van der Waals surface area (Å²) in [5.74, 6) is 1.52. The average molecular weight is 435 g/mol. The highest BCUT2D eigenvalue weighted by molar-refractivity contribution is 6.42. The van der Waals surface area contributed by atoms with Gasteiger partial charge in [-0.25, -0.2) is 4.99 Å². The third-order valence-corrected chi connectivity index (χ3v) is 4.69. The van der Waals surface area contributed by atoms with Crippen LogP contribution in [0.5, 0.6) is 5.75 Å². The van der Waals surface area contributed by atoms with Gasteiger partial charge >= 0.3 is 0 Å². The van der Waals surface area contributed by atoms with E-state index in [-0.39, 0.29) is 12.5 Å². The molecule has 0 saturated carbocycles. The van der Waals surface area contributed by atoms with E-state index in [0.29, 0.717) is 45.2 Å². The van der Waals surface area contributed by atoms with E-state index in [2.05, 4.69) is 15.4 Å². The van der Waals surface area contributed by atoms with E-state index >= 15 is 0 Å². The lowest BCUT2D eigenvalue weighted by Crippen LogP contribution is -2.26. The van der Waals surface area contributed by atoms with Gasteiger partial charge in [-0.2, -0.15) is 5.10 Å². The minimum Gasteiger partial charge on any atom is -0.486 e. The van der Waals surface area contributed by atoms with Gasteiger partial charge in [-0.3, -0.25) is 9.48 Å². The van der Waals surface area contributed by atoms with Gasteiger partial charge in [-0.1, -0.05) is 30.1 Å². The standard InChI is InChI=1S/C20H20Cl2N4O3/c1-3-8-23-20(27)19-18(11-25-26(19)2)24-10-14-4-5-15(29-14)12-28-13-6-7-16(21)17(22)9-13/h4-7,9-11H,3,8,12H2,1-2H3,(H,23,27). The molecule has 0 atom stereocenters.